The molecule has 5 N–H and O–H groups in total. The van der Waals surface area contributed by atoms with Gasteiger partial charge in [0.15, 0.2) is 0 Å². The minimum absolute atomic E-state index is 0.0380. The second-order valence-corrected chi connectivity index (χ2v) is 7.03. The lowest BCUT2D eigenvalue weighted by molar-refractivity contribution is -0.149. The average molecular weight is 402 g/mol. The van der Waals surface area contributed by atoms with Crippen molar-refractivity contribution >= 4 is 36.3 Å². The number of hydrogen-bond acceptors (Lipinski definition) is 7. The molecule has 2 rings (SSSR count). The third-order valence-electron chi connectivity index (χ3n) is 4.81. The zero-order chi connectivity index (χ0) is 20.0. The molecule has 0 aromatic rings. The number of aliphatic hydroxyl groups is 1. The summed E-state index contributed by atoms with van der Waals surface area (Å²) in [5.41, 5.74) is 0. The minimum atomic E-state index is -1.20. The Morgan fingerprint density at radius 1 is 1.15 bits per heavy atom. The summed E-state index contributed by atoms with van der Waals surface area (Å²) in [6, 6.07) is -3.58. The van der Waals surface area contributed by atoms with Crippen molar-refractivity contribution in [3.63, 3.8) is 0 Å². The summed E-state index contributed by atoms with van der Waals surface area (Å²) in [7, 11) is 0. The largest absolute Gasteiger partial charge is 0.480 e. The van der Waals surface area contributed by atoms with Crippen molar-refractivity contribution in [3.8, 4) is 0 Å². The van der Waals surface area contributed by atoms with Crippen LogP contribution in [0.4, 0.5) is 0 Å². The molecule has 0 saturated carbocycles. The second kappa shape index (κ2) is 9.90. The average Bonchev–Trinajstić information content (AvgIpc) is 3.34. The van der Waals surface area contributed by atoms with Gasteiger partial charge in [-0.25, -0.2) is 4.79 Å². The van der Waals surface area contributed by atoms with E-state index in [0.29, 0.717) is 32.4 Å². The summed E-state index contributed by atoms with van der Waals surface area (Å²) in [5.74, 6) is -2.77. The Morgan fingerprint density at radius 3 is 2.44 bits per heavy atom. The molecule has 0 radical (unpaired) electrons. The van der Waals surface area contributed by atoms with E-state index in [-0.39, 0.29) is 11.7 Å². The maximum atomic E-state index is 12.6. The van der Waals surface area contributed by atoms with Gasteiger partial charge in [0.25, 0.3) is 0 Å². The topological polar surface area (TPSA) is 148 Å². The Morgan fingerprint density at radius 2 is 1.89 bits per heavy atom. The normalized spacial score (nSPS) is 24.3. The first-order valence-corrected chi connectivity index (χ1v) is 9.61. The Hall–Kier alpha value is -1.85. The highest BCUT2D eigenvalue weighted by molar-refractivity contribution is 7.80. The number of thiol groups is 1. The highest BCUT2D eigenvalue weighted by Crippen LogP contribution is 2.18. The zero-order valence-electron chi connectivity index (χ0n) is 14.9. The van der Waals surface area contributed by atoms with Crippen LogP contribution in [0.1, 0.15) is 25.7 Å². The maximum Gasteiger partial charge on any atom is 0.326 e. The number of carboxylic acid groups (broad SMARTS) is 1. The van der Waals surface area contributed by atoms with Crippen molar-refractivity contribution in [2.75, 3.05) is 25.4 Å². The van der Waals surface area contributed by atoms with Crippen LogP contribution in [-0.2, 0) is 19.2 Å². The number of amides is 3. The summed E-state index contributed by atoms with van der Waals surface area (Å²) >= 11 is 4.07. The molecular formula is C16H26N4O6S. The van der Waals surface area contributed by atoms with Gasteiger partial charge >= 0.3 is 5.97 Å². The van der Waals surface area contributed by atoms with E-state index in [4.69, 9.17) is 0 Å². The molecule has 10 nitrogen and oxygen atoms in total. The number of carbonyl (C=O) groups is 4. The molecule has 0 aromatic heterocycles. The van der Waals surface area contributed by atoms with Crippen LogP contribution in [0, 0.1) is 0 Å². The minimum Gasteiger partial charge on any atom is -0.480 e. The van der Waals surface area contributed by atoms with E-state index in [0.717, 1.165) is 6.42 Å². The fourth-order valence-electron chi connectivity index (χ4n) is 3.32. The van der Waals surface area contributed by atoms with Gasteiger partial charge in [0.2, 0.25) is 17.7 Å². The van der Waals surface area contributed by atoms with Gasteiger partial charge in [0.05, 0.1) is 12.6 Å². The zero-order valence-corrected chi connectivity index (χ0v) is 15.8. The van der Waals surface area contributed by atoms with Crippen LogP contribution in [-0.4, -0.2) is 88.4 Å². The third-order valence-corrected chi connectivity index (χ3v) is 5.18. The highest BCUT2D eigenvalue weighted by Gasteiger charge is 2.38. The molecule has 4 atom stereocenters. The van der Waals surface area contributed by atoms with E-state index < -0.39 is 48.6 Å². The number of nitrogens with zero attached hydrogens (tertiary/aromatic N) is 1. The summed E-state index contributed by atoms with van der Waals surface area (Å²) in [6.07, 6.45) is 2.43. The summed E-state index contributed by atoms with van der Waals surface area (Å²) in [5, 5.41) is 26.6. The number of aliphatic carboxylic acids is 1. The van der Waals surface area contributed by atoms with Gasteiger partial charge in [-0.05, 0) is 32.2 Å². The van der Waals surface area contributed by atoms with Gasteiger partial charge in [-0.1, -0.05) is 0 Å². The van der Waals surface area contributed by atoms with E-state index in [2.05, 4.69) is 28.6 Å². The monoisotopic (exact) mass is 402 g/mol. The predicted octanol–water partition coefficient (Wildman–Crippen LogP) is -2.29. The van der Waals surface area contributed by atoms with Crippen LogP contribution in [0.25, 0.3) is 0 Å². The van der Waals surface area contributed by atoms with Crippen molar-refractivity contribution in [1.82, 2.24) is 20.9 Å². The summed E-state index contributed by atoms with van der Waals surface area (Å²) in [6.45, 7) is 0.383. The Labute approximate surface area is 162 Å². The predicted molar refractivity (Wildman–Crippen MR) is 98.2 cm³/mol. The molecule has 0 aliphatic carbocycles. The number of aliphatic hydroxyl groups excluding tert-OH is 1. The second-order valence-electron chi connectivity index (χ2n) is 6.66. The molecule has 152 valence electrons. The van der Waals surface area contributed by atoms with Gasteiger partial charge in [0, 0.05) is 12.3 Å². The van der Waals surface area contributed by atoms with E-state index in [9.17, 15) is 29.4 Å². The summed E-state index contributed by atoms with van der Waals surface area (Å²) in [4.78, 5) is 49.6. The molecule has 0 bridgehead atoms. The molecule has 11 heteroatoms. The first-order valence-electron chi connectivity index (χ1n) is 8.98. The fourth-order valence-corrected chi connectivity index (χ4v) is 3.57. The molecule has 0 spiro atoms. The third kappa shape index (κ3) is 5.33. The molecule has 2 aliphatic rings. The molecule has 2 aliphatic heterocycles. The van der Waals surface area contributed by atoms with Crippen LogP contribution < -0.4 is 16.0 Å². The van der Waals surface area contributed by atoms with Crippen LogP contribution in [0.3, 0.4) is 0 Å². The van der Waals surface area contributed by atoms with Gasteiger partial charge in [-0.15, -0.1) is 0 Å². The van der Waals surface area contributed by atoms with E-state index in [1.54, 1.807) is 0 Å². The van der Waals surface area contributed by atoms with Crippen molar-refractivity contribution in [1.29, 1.82) is 0 Å². The van der Waals surface area contributed by atoms with Gasteiger partial charge in [-0.2, -0.15) is 12.6 Å². The first-order chi connectivity index (χ1) is 12.9. The molecule has 2 fully saturated rings. The molecular weight excluding hydrogens is 376 g/mol. The van der Waals surface area contributed by atoms with Crippen molar-refractivity contribution in [2.45, 2.75) is 49.9 Å². The SMILES string of the molecule is O=C(NC(CO)C(=O)NC(CS)C(=O)N1CCCC1C(=O)O)C1CCCN1. The lowest BCUT2D eigenvalue weighted by atomic mass is 10.1. The lowest BCUT2D eigenvalue weighted by Crippen LogP contribution is -2.58. The van der Waals surface area contributed by atoms with Crippen LogP contribution in [0.5, 0.6) is 0 Å². The molecule has 2 heterocycles. The number of hydrogen-bond donors (Lipinski definition) is 6. The quantitative estimate of drug-likeness (QED) is 0.250. The molecule has 27 heavy (non-hydrogen) atoms. The van der Waals surface area contributed by atoms with E-state index in [1.807, 2.05) is 0 Å². The van der Waals surface area contributed by atoms with E-state index >= 15 is 0 Å². The number of likely N-dealkylation sites (tertiary alicyclic amines) is 1. The number of carboxylic acids is 1. The smallest absolute Gasteiger partial charge is 0.326 e. The standard InChI is InChI=1S/C16H26N4O6S/c21-7-10(18-13(22)9-3-1-5-17-9)14(23)19-11(8-27)15(24)20-6-2-4-12(20)16(25)26/h9-12,17,21,27H,1-8H2,(H,18,22)(H,19,23)(H,25,26). The van der Waals surface area contributed by atoms with Gasteiger partial charge < -0.3 is 31.1 Å². The van der Waals surface area contributed by atoms with Gasteiger partial charge in [-0.3, -0.25) is 14.4 Å². The number of carbonyl (C=O) groups excluding carboxylic acids is 3. The van der Waals surface area contributed by atoms with Crippen LogP contribution in [0.15, 0.2) is 0 Å². The van der Waals surface area contributed by atoms with Crippen molar-refractivity contribution in [3.05, 3.63) is 0 Å². The number of nitrogens with one attached hydrogen (secondary N) is 3. The maximum absolute atomic E-state index is 12.6. The van der Waals surface area contributed by atoms with Crippen molar-refractivity contribution < 1.29 is 29.4 Å². The molecule has 3 amide bonds. The van der Waals surface area contributed by atoms with Crippen LogP contribution in [0.2, 0.25) is 0 Å². The molecule has 0 aromatic carbocycles. The van der Waals surface area contributed by atoms with Crippen LogP contribution >= 0.6 is 12.6 Å². The Kier molecular flexibility index (Phi) is 7.87. The van der Waals surface area contributed by atoms with Crippen molar-refractivity contribution in [2.24, 2.45) is 0 Å². The summed E-state index contributed by atoms with van der Waals surface area (Å²) < 4.78 is 0. The molecule has 4 unspecified atom stereocenters. The first kappa shape index (κ1) is 21.5. The van der Waals surface area contributed by atoms with Gasteiger partial charge in [0.1, 0.15) is 18.1 Å². The lowest BCUT2D eigenvalue weighted by Gasteiger charge is -2.27. The Balaban J connectivity index is 1.96. The number of rotatable bonds is 8. The molecule has 2 saturated heterocycles. The highest BCUT2D eigenvalue weighted by atomic mass is 32.1. The van der Waals surface area contributed by atoms with E-state index in [1.165, 1.54) is 4.90 Å². The Bertz CT molecular complexity index is 583. The fraction of sp³-hybridized carbons (Fsp3) is 0.750.